The summed E-state index contributed by atoms with van der Waals surface area (Å²) in [7, 11) is 0. The van der Waals surface area contributed by atoms with Crippen molar-refractivity contribution >= 4 is 0 Å². The van der Waals surface area contributed by atoms with Crippen LogP contribution in [0.25, 0.3) is 0 Å². The maximum absolute atomic E-state index is 3.80. The van der Waals surface area contributed by atoms with E-state index in [4.69, 9.17) is 0 Å². The molecular formula is C16H31N. The molecule has 0 radical (unpaired) electrons. The van der Waals surface area contributed by atoms with Crippen molar-refractivity contribution < 1.29 is 0 Å². The molecule has 17 heavy (non-hydrogen) atoms. The van der Waals surface area contributed by atoms with Gasteiger partial charge in [-0.25, -0.2) is 0 Å². The van der Waals surface area contributed by atoms with Crippen LogP contribution in [-0.2, 0) is 0 Å². The van der Waals surface area contributed by atoms with Crippen LogP contribution in [-0.4, -0.2) is 12.6 Å². The zero-order valence-corrected chi connectivity index (χ0v) is 11.7. The second-order valence-corrected chi connectivity index (χ2v) is 6.43. The molecule has 0 aromatic rings. The zero-order valence-electron chi connectivity index (χ0n) is 11.7. The van der Waals surface area contributed by atoms with Crippen LogP contribution in [0.1, 0.15) is 77.6 Å². The summed E-state index contributed by atoms with van der Waals surface area (Å²) >= 11 is 0. The van der Waals surface area contributed by atoms with E-state index in [1.165, 1.54) is 77.2 Å². The summed E-state index contributed by atoms with van der Waals surface area (Å²) in [6.07, 6.45) is 16.3. The van der Waals surface area contributed by atoms with Gasteiger partial charge in [0, 0.05) is 6.04 Å². The van der Waals surface area contributed by atoms with Crippen LogP contribution >= 0.6 is 0 Å². The van der Waals surface area contributed by atoms with Crippen molar-refractivity contribution in [2.24, 2.45) is 11.8 Å². The number of nitrogens with one attached hydrogen (secondary N) is 1. The molecule has 1 atom stereocenters. The van der Waals surface area contributed by atoms with Gasteiger partial charge in [-0.3, -0.25) is 0 Å². The lowest BCUT2D eigenvalue weighted by Crippen LogP contribution is -2.35. The Morgan fingerprint density at radius 2 is 1.47 bits per heavy atom. The first-order valence-electron chi connectivity index (χ1n) is 8.09. The van der Waals surface area contributed by atoms with Crippen molar-refractivity contribution in [1.29, 1.82) is 0 Å². The molecule has 0 saturated heterocycles. The van der Waals surface area contributed by atoms with Gasteiger partial charge < -0.3 is 5.32 Å². The van der Waals surface area contributed by atoms with Crippen LogP contribution in [0.3, 0.4) is 0 Å². The number of hydrogen-bond acceptors (Lipinski definition) is 1. The molecule has 1 nitrogen and oxygen atoms in total. The highest BCUT2D eigenvalue weighted by Crippen LogP contribution is 2.27. The van der Waals surface area contributed by atoms with Gasteiger partial charge in [0.05, 0.1) is 0 Å². The van der Waals surface area contributed by atoms with Crippen molar-refractivity contribution in [3.05, 3.63) is 0 Å². The second-order valence-electron chi connectivity index (χ2n) is 6.43. The highest BCUT2D eigenvalue weighted by molar-refractivity contribution is 4.76. The van der Waals surface area contributed by atoms with E-state index in [9.17, 15) is 0 Å². The van der Waals surface area contributed by atoms with Gasteiger partial charge in [0.2, 0.25) is 0 Å². The molecular weight excluding hydrogens is 206 g/mol. The predicted molar refractivity (Wildman–Crippen MR) is 75.2 cm³/mol. The largest absolute Gasteiger partial charge is 0.314 e. The molecule has 0 spiro atoms. The van der Waals surface area contributed by atoms with E-state index in [1.807, 2.05) is 0 Å². The van der Waals surface area contributed by atoms with Gasteiger partial charge in [-0.2, -0.15) is 0 Å². The second kappa shape index (κ2) is 7.41. The summed E-state index contributed by atoms with van der Waals surface area (Å²) in [5.74, 6) is 2.00. The minimum Gasteiger partial charge on any atom is -0.314 e. The molecule has 1 N–H and O–H groups in total. The van der Waals surface area contributed by atoms with Crippen LogP contribution < -0.4 is 5.32 Å². The van der Waals surface area contributed by atoms with Crippen molar-refractivity contribution in [2.75, 3.05) is 6.54 Å². The Morgan fingerprint density at radius 1 is 0.882 bits per heavy atom. The van der Waals surface area contributed by atoms with E-state index in [-0.39, 0.29) is 0 Å². The fourth-order valence-corrected chi connectivity index (χ4v) is 3.79. The number of rotatable bonds is 5. The lowest BCUT2D eigenvalue weighted by Gasteiger charge is -2.29. The molecule has 2 saturated carbocycles. The van der Waals surface area contributed by atoms with Crippen LogP contribution in [0, 0.1) is 11.8 Å². The van der Waals surface area contributed by atoms with E-state index >= 15 is 0 Å². The average Bonchev–Trinajstić information content (AvgIpc) is 2.41. The van der Waals surface area contributed by atoms with Gasteiger partial charge in [-0.05, 0) is 44.6 Å². The van der Waals surface area contributed by atoms with Crippen molar-refractivity contribution in [2.45, 2.75) is 83.6 Å². The Hall–Kier alpha value is -0.0400. The zero-order chi connectivity index (χ0) is 11.9. The summed E-state index contributed by atoms with van der Waals surface area (Å²) in [4.78, 5) is 0. The maximum atomic E-state index is 3.80. The van der Waals surface area contributed by atoms with Crippen LogP contribution in [0.5, 0.6) is 0 Å². The fraction of sp³-hybridized carbons (Fsp3) is 1.00. The Labute approximate surface area is 108 Å². The molecule has 100 valence electrons. The van der Waals surface area contributed by atoms with Gasteiger partial charge >= 0.3 is 0 Å². The third kappa shape index (κ3) is 4.62. The molecule has 2 aliphatic carbocycles. The molecule has 0 aromatic carbocycles. The van der Waals surface area contributed by atoms with Gasteiger partial charge in [0.15, 0.2) is 0 Å². The highest BCUT2D eigenvalue weighted by atomic mass is 14.9. The van der Waals surface area contributed by atoms with E-state index in [1.54, 1.807) is 0 Å². The first-order chi connectivity index (χ1) is 8.36. The Balaban J connectivity index is 1.57. The number of hydrogen-bond donors (Lipinski definition) is 1. The summed E-state index contributed by atoms with van der Waals surface area (Å²) in [5, 5.41) is 3.80. The van der Waals surface area contributed by atoms with Crippen molar-refractivity contribution in [1.82, 2.24) is 5.32 Å². The lowest BCUT2D eigenvalue weighted by atomic mass is 9.84. The molecule has 0 aromatic heterocycles. The third-order valence-electron chi connectivity index (χ3n) is 5.10. The molecule has 1 heteroatoms. The molecule has 0 heterocycles. The SMILES string of the molecule is CC(NCCC1CCCCC1)C1CCCCC1. The molecule has 1 unspecified atom stereocenters. The lowest BCUT2D eigenvalue weighted by molar-refractivity contribution is 0.268. The first-order valence-corrected chi connectivity index (χ1v) is 8.09. The monoisotopic (exact) mass is 237 g/mol. The smallest absolute Gasteiger partial charge is 0.00669 e. The maximum Gasteiger partial charge on any atom is 0.00669 e. The summed E-state index contributed by atoms with van der Waals surface area (Å²) in [6.45, 7) is 3.68. The Kier molecular flexibility index (Phi) is 5.84. The Morgan fingerprint density at radius 3 is 2.12 bits per heavy atom. The molecule has 0 aliphatic heterocycles. The molecule has 0 amide bonds. The van der Waals surface area contributed by atoms with Crippen molar-refractivity contribution in [3.8, 4) is 0 Å². The highest BCUT2D eigenvalue weighted by Gasteiger charge is 2.20. The molecule has 2 fully saturated rings. The normalized spacial score (nSPS) is 25.9. The van der Waals surface area contributed by atoms with Crippen LogP contribution in [0.4, 0.5) is 0 Å². The van der Waals surface area contributed by atoms with Gasteiger partial charge in [0.1, 0.15) is 0 Å². The first kappa shape index (κ1) is 13.4. The van der Waals surface area contributed by atoms with Gasteiger partial charge in [0.25, 0.3) is 0 Å². The van der Waals surface area contributed by atoms with Crippen LogP contribution in [0.2, 0.25) is 0 Å². The Bertz CT molecular complexity index is 190. The standard InChI is InChI=1S/C16H31N/c1-14(16-10-6-3-7-11-16)17-13-12-15-8-4-2-5-9-15/h14-17H,2-13H2,1H3. The molecule has 2 aliphatic rings. The average molecular weight is 237 g/mol. The molecule has 0 bridgehead atoms. The quantitative estimate of drug-likeness (QED) is 0.741. The summed E-state index contributed by atoms with van der Waals surface area (Å²) in [6, 6.07) is 0.763. The van der Waals surface area contributed by atoms with E-state index in [0.29, 0.717) is 0 Å². The van der Waals surface area contributed by atoms with E-state index in [0.717, 1.165) is 17.9 Å². The minimum atomic E-state index is 0.763. The summed E-state index contributed by atoms with van der Waals surface area (Å²) < 4.78 is 0. The van der Waals surface area contributed by atoms with Gasteiger partial charge in [-0.1, -0.05) is 51.4 Å². The van der Waals surface area contributed by atoms with E-state index in [2.05, 4.69) is 12.2 Å². The van der Waals surface area contributed by atoms with E-state index < -0.39 is 0 Å². The topological polar surface area (TPSA) is 12.0 Å². The third-order valence-corrected chi connectivity index (χ3v) is 5.10. The fourth-order valence-electron chi connectivity index (χ4n) is 3.79. The summed E-state index contributed by atoms with van der Waals surface area (Å²) in [5.41, 5.74) is 0. The van der Waals surface area contributed by atoms with Crippen LogP contribution in [0.15, 0.2) is 0 Å². The predicted octanol–water partition coefficient (Wildman–Crippen LogP) is 4.52. The molecule has 2 rings (SSSR count). The minimum absolute atomic E-state index is 0.763. The van der Waals surface area contributed by atoms with Crippen molar-refractivity contribution in [3.63, 3.8) is 0 Å². The van der Waals surface area contributed by atoms with Gasteiger partial charge in [-0.15, -0.1) is 0 Å².